The number of nitrogens with zero attached hydrogens (tertiary/aromatic N) is 2. The number of hydrogen-bond acceptors (Lipinski definition) is 5. The zero-order valence-electron chi connectivity index (χ0n) is 11.1. The molecule has 1 N–H and O–H groups in total. The number of rotatable bonds is 4. The molecule has 0 aliphatic heterocycles. The molecule has 0 radical (unpaired) electrons. The summed E-state index contributed by atoms with van der Waals surface area (Å²) in [5.41, 5.74) is -1.00. The number of carbonyl (C=O) groups excluding carboxylic acids is 1. The summed E-state index contributed by atoms with van der Waals surface area (Å²) in [5, 5.41) is 9.40. The first-order valence-electron chi connectivity index (χ1n) is 5.85. The van der Waals surface area contributed by atoms with Crippen molar-refractivity contribution < 1.29 is 22.4 Å². The molecule has 0 saturated heterocycles. The van der Waals surface area contributed by atoms with Crippen LogP contribution in [0.2, 0.25) is 5.02 Å². The Hall–Kier alpha value is -1.74. The maximum absolute atomic E-state index is 12.7. The van der Waals surface area contributed by atoms with Crippen molar-refractivity contribution in [1.29, 1.82) is 0 Å². The van der Waals surface area contributed by atoms with E-state index in [0.29, 0.717) is 5.89 Å². The van der Waals surface area contributed by atoms with Crippen LogP contribution in [0.3, 0.4) is 0 Å². The van der Waals surface area contributed by atoms with Crippen molar-refractivity contribution in [3.63, 3.8) is 0 Å². The van der Waals surface area contributed by atoms with Gasteiger partial charge in [-0.25, -0.2) is 0 Å². The van der Waals surface area contributed by atoms with Crippen LogP contribution in [0.25, 0.3) is 0 Å². The van der Waals surface area contributed by atoms with Crippen LogP contribution in [0.4, 0.5) is 18.9 Å². The third kappa shape index (κ3) is 4.38. The SMILES string of the molecule is Cc1nnc(SCC(=O)Nc2ccc(Cl)c(C(F)(F)F)c2)o1. The number of halogens is 4. The molecule has 2 rings (SSSR count). The second-order valence-corrected chi connectivity index (χ2v) is 5.45. The first-order chi connectivity index (χ1) is 10.3. The van der Waals surface area contributed by atoms with Crippen molar-refractivity contribution in [1.82, 2.24) is 10.2 Å². The Morgan fingerprint density at radius 2 is 2.14 bits per heavy atom. The fourth-order valence-electron chi connectivity index (χ4n) is 1.48. The van der Waals surface area contributed by atoms with Crippen LogP contribution < -0.4 is 5.32 Å². The normalized spacial score (nSPS) is 11.5. The first-order valence-corrected chi connectivity index (χ1v) is 7.21. The Bertz CT molecular complexity index is 690. The van der Waals surface area contributed by atoms with Crippen LogP contribution in [0.5, 0.6) is 0 Å². The molecule has 0 fully saturated rings. The lowest BCUT2D eigenvalue weighted by atomic mass is 10.2. The predicted molar refractivity (Wildman–Crippen MR) is 74.8 cm³/mol. The molecule has 0 saturated carbocycles. The van der Waals surface area contributed by atoms with E-state index < -0.39 is 22.7 Å². The number of nitrogens with one attached hydrogen (secondary N) is 1. The van der Waals surface area contributed by atoms with Gasteiger partial charge in [-0.05, 0) is 18.2 Å². The van der Waals surface area contributed by atoms with Crippen molar-refractivity contribution in [2.45, 2.75) is 18.3 Å². The average molecular weight is 352 g/mol. The number of aryl methyl sites for hydroxylation is 1. The molecular formula is C12H9ClF3N3O2S. The highest BCUT2D eigenvalue weighted by Gasteiger charge is 2.33. The molecule has 22 heavy (non-hydrogen) atoms. The lowest BCUT2D eigenvalue weighted by molar-refractivity contribution is -0.137. The smallest absolute Gasteiger partial charge is 0.416 e. The Balaban J connectivity index is 1.99. The van der Waals surface area contributed by atoms with Gasteiger partial charge in [0.1, 0.15) is 0 Å². The molecular weight excluding hydrogens is 343 g/mol. The van der Waals surface area contributed by atoms with Crippen LogP contribution >= 0.6 is 23.4 Å². The summed E-state index contributed by atoms with van der Waals surface area (Å²) in [6.07, 6.45) is -4.59. The van der Waals surface area contributed by atoms with Gasteiger partial charge in [0.2, 0.25) is 11.8 Å². The molecule has 2 aromatic rings. The van der Waals surface area contributed by atoms with Crippen molar-refractivity contribution in [2.75, 3.05) is 11.1 Å². The molecule has 1 aromatic carbocycles. The highest BCUT2D eigenvalue weighted by Crippen LogP contribution is 2.36. The third-order valence-electron chi connectivity index (χ3n) is 2.39. The molecule has 118 valence electrons. The van der Waals surface area contributed by atoms with Gasteiger partial charge in [-0.2, -0.15) is 13.2 Å². The van der Waals surface area contributed by atoms with Crippen molar-refractivity contribution in [3.8, 4) is 0 Å². The number of anilines is 1. The summed E-state index contributed by atoms with van der Waals surface area (Å²) >= 11 is 6.48. The molecule has 0 unspecified atom stereocenters. The zero-order chi connectivity index (χ0) is 16.3. The molecule has 0 aliphatic rings. The van der Waals surface area contributed by atoms with Gasteiger partial charge < -0.3 is 9.73 Å². The average Bonchev–Trinajstić information content (AvgIpc) is 2.83. The Labute approximate surface area is 132 Å². The Morgan fingerprint density at radius 3 is 2.73 bits per heavy atom. The van der Waals surface area contributed by atoms with E-state index in [1.165, 1.54) is 6.07 Å². The van der Waals surface area contributed by atoms with Gasteiger partial charge in [0.05, 0.1) is 16.3 Å². The topological polar surface area (TPSA) is 68.0 Å². The van der Waals surface area contributed by atoms with Gasteiger partial charge in [-0.3, -0.25) is 4.79 Å². The summed E-state index contributed by atoms with van der Waals surface area (Å²) in [6, 6.07) is 3.15. The van der Waals surface area contributed by atoms with E-state index in [9.17, 15) is 18.0 Å². The predicted octanol–water partition coefficient (Wildman–Crippen LogP) is 3.78. The molecule has 5 nitrogen and oxygen atoms in total. The van der Waals surface area contributed by atoms with E-state index in [0.717, 1.165) is 23.9 Å². The lowest BCUT2D eigenvalue weighted by Crippen LogP contribution is -2.15. The quantitative estimate of drug-likeness (QED) is 0.849. The van der Waals surface area contributed by atoms with Gasteiger partial charge in [0, 0.05) is 12.6 Å². The Morgan fingerprint density at radius 1 is 1.41 bits per heavy atom. The Kier molecular flexibility index (Phi) is 4.97. The van der Waals surface area contributed by atoms with Crippen LogP contribution in [0, 0.1) is 6.92 Å². The van der Waals surface area contributed by atoms with Gasteiger partial charge >= 0.3 is 6.18 Å². The number of benzene rings is 1. The van der Waals surface area contributed by atoms with Crippen molar-refractivity contribution in [2.24, 2.45) is 0 Å². The summed E-state index contributed by atoms with van der Waals surface area (Å²) in [6.45, 7) is 1.60. The molecule has 1 amide bonds. The summed E-state index contributed by atoms with van der Waals surface area (Å²) < 4.78 is 43.2. The van der Waals surface area contributed by atoms with Crippen LogP contribution in [0.15, 0.2) is 27.8 Å². The molecule has 0 atom stereocenters. The maximum atomic E-state index is 12.7. The van der Waals surface area contributed by atoms with Gasteiger partial charge in [-0.1, -0.05) is 23.4 Å². The van der Waals surface area contributed by atoms with E-state index in [2.05, 4.69) is 15.5 Å². The maximum Gasteiger partial charge on any atom is 0.417 e. The minimum absolute atomic E-state index is 0.00374. The largest absolute Gasteiger partial charge is 0.417 e. The van der Waals surface area contributed by atoms with Gasteiger partial charge in [0.15, 0.2) is 0 Å². The van der Waals surface area contributed by atoms with Crippen LogP contribution in [0.1, 0.15) is 11.5 Å². The van der Waals surface area contributed by atoms with Crippen molar-refractivity contribution >= 4 is 35.0 Å². The zero-order valence-corrected chi connectivity index (χ0v) is 12.6. The number of alkyl halides is 3. The number of thioether (sulfide) groups is 1. The van der Waals surface area contributed by atoms with Gasteiger partial charge in [0.25, 0.3) is 5.22 Å². The molecule has 1 heterocycles. The fourth-order valence-corrected chi connectivity index (χ4v) is 2.31. The number of amides is 1. The van der Waals surface area contributed by atoms with E-state index in [1.807, 2.05) is 0 Å². The van der Waals surface area contributed by atoms with Crippen LogP contribution in [-0.4, -0.2) is 21.9 Å². The lowest BCUT2D eigenvalue weighted by Gasteiger charge is -2.11. The number of aromatic nitrogens is 2. The summed E-state index contributed by atoms with van der Waals surface area (Å²) in [5.74, 6) is -0.224. The highest BCUT2D eigenvalue weighted by atomic mass is 35.5. The minimum atomic E-state index is -4.59. The minimum Gasteiger partial charge on any atom is -0.416 e. The van der Waals surface area contributed by atoms with Crippen LogP contribution in [-0.2, 0) is 11.0 Å². The second kappa shape index (κ2) is 6.57. The summed E-state index contributed by atoms with van der Waals surface area (Å²) in [4.78, 5) is 11.7. The summed E-state index contributed by atoms with van der Waals surface area (Å²) in [7, 11) is 0. The van der Waals surface area contributed by atoms with E-state index in [1.54, 1.807) is 6.92 Å². The highest BCUT2D eigenvalue weighted by molar-refractivity contribution is 7.99. The van der Waals surface area contributed by atoms with Gasteiger partial charge in [-0.15, -0.1) is 10.2 Å². The van der Waals surface area contributed by atoms with Crippen molar-refractivity contribution in [3.05, 3.63) is 34.7 Å². The molecule has 1 aromatic heterocycles. The van der Waals surface area contributed by atoms with E-state index >= 15 is 0 Å². The monoisotopic (exact) mass is 351 g/mol. The number of hydrogen-bond donors (Lipinski definition) is 1. The molecule has 10 heteroatoms. The number of carbonyl (C=O) groups is 1. The first kappa shape index (κ1) is 16.6. The third-order valence-corrected chi connectivity index (χ3v) is 3.54. The molecule has 0 bridgehead atoms. The molecule has 0 aliphatic carbocycles. The molecule has 0 spiro atoms. The standard InChI is InChI=1S/C12H9ClF3N3O2S/c1-6-18-19-11(21-6)22-5-10(20)17-7-2-3-9(13)8(4-7)12(14,15)16/h2-4H,5H2,1H3,(H,17,20). The fraction of sp³-hybridized carbons (Fsp3) is 0.250. The van der Waals surface area contributed by atoms with E-state index in [-0.39, 0.29) is 16.7 Å². The van der Waals surface area contributed by atoms with E-state index in [4.69, 9.17) is 16.0 Å². The second-order valence-electron chi connectivity index (χ2n) is 4.12.